The number of hydrogen-bond acceptors (Lipinski definition) is 4. The topological polar surface area (TPSA) is 76.9 Å². The monoisotopic (exact) mass is 348 g/mol. The fraction of sp³-hybridized carbons (Fsp3) is 0.0667. The minimum atomic E-state index is -0.480. The Balaban J connectivity index is 1.86. The summed E-state index contributed by atoms with van der Waals surface area (Å²) in [5.74, 6) is -0.480. The SMILES string of the molecule is O=C(Cn1nnc2ccccc2c1=O)Nc1c(Cl)cccc1Cl. The number of fused-ring (bicyclic) bond motifs is 1. The Hall–Kier alpha value is -2.44. The van der Waals surface area contributed by atoms with E-state index in [9.17, 15) is 9.59 Å². The molecule has 0 saturated carbocycles. The standard InChI is InChI=1S/C15H10Cl2N4O2/c16-10-5-3-6-11(17)14(10)18-13(22)8-21-15(23)9-4-1-2-7-12(9)19-20-21/h1-7H,8H2,(H,18,22). The molecule has 0 radical (unpaired) electrons. The summed E-state index contributed by atoms with van der Waals surface area (Å²) in [6.07, 6.45) is 0. The molecule has 8 heteroatoms. The van der Waals surface area contributed by atoms with Gasteiger partial charge in [0.15, 0.2) is 0 Å². The number of carbonyl (C=O) groups is 1. The molecule has 1 amide bonds. The minimum Gasteiger partial charge on any atom is -0.322 e. The van der Waals surface area contributed by atoms with Crippen molar-refractivity contribution in [2.45, 2.75) is 6.54 Å². The molecule has 0 saturated heterocycles. The molecule has 1 heterocycles. The van der Waals surface area contributed by atoms with Crippen LogP contribution in [0.15, 0.2) is 47.3 Å². The number of rotatable bonds is 3. The number of amides is 1. The third kappa shape index (κ3) is 3.18. The number of para-hydroxylation sites is 1. The van der Waals surface area contributed by atoms with E-state index in [1.165, 1.54) is 0 Å². The Morgan fingerprint density at radius 3 is 2.52 bits per heavy atom. The molecule has 0 atom stereocenters. The van der Waals surface area contributed by atoms with Gasteiger partial charge in [-0.2, -0.15) is 0 Å². The summed E-state index contributed by atoms with van der Waals surface area (Å²) < 4.78 is 0.989. The molecule has 0 unspecified atom stereocenters. The van der Waals surface area contributed by atoms with E-state index < -0.39 is 11.5 Å². The highest BCUT2D eigenvalue weighted by Gasteiger charge is 2.12. The van der Waals surface area contributed by atoms with Gasteiger partial charge in [0.05, 0.1) is 21.1 Å². The second-order valence-electron chi connectivity index (χ2n) is 4.71. The maximum atomic E-state index is 12.3. The van der Waals surface area contributed by atoms with Gasteiger partial charge in [0, 0.05) is 0 Å². The zero-order valence-corrected chi connectivity index (χ0v) is 13.2. The highest BCUT2D eigenvalue weighted by Crippen LogP contribution is 2.29. The van der Waals surface area contributed by atoms with Gasteiger partial charge in [-0.15, -0.1) is 5.10 Å². The Kier molecular flexibility index (Phi) is 4.27. The van der Waals surface area contributed by atoms with Gasteiger partial charge in [-0.25, -0.2) is 4.68 Å². The Morgan fingerprint density at radius 2 is 1.78 bits per heavy atom. The van der Waals surface area contributed by atoms with Crippen LogP contribution in [0, 0.1) is 0 Å². The van der Waals surface area contributed by atoms with Crippen LogP contribution in [0.5, 0.6) is 0 Å². The molecule has 0 bridgehead atoms. The first-order valence-corrected chi connectivity index (χ1v) is 7.38. The van der Waals surface area contributed by atoms with Crippen LogP contribution in [0.1, 0.15) is 0 Å². The molecule has 0 fully saturated rings. The first-order chi connectivity index (χ1) is 11.1. The van der Waals surface area contributed by atoms with Gasteiger partial charge in [-0.1, -0.05) is 46.6 Å². The average Bonchev–Trinajstić information content (AvgIpc) is 2.54. The van der Waals surface area contributed by atoms with Gasteiger partial charge in [0.2, 0.25) is 5.91 Å². The summed E-state index contributed by atoms with van der Waals surface area (Å²) in [7, 11) is 0. The molecular weight excluding hydrogens is 339 g/mol. The number of nitrogens with one attached hydrogen (secondary N) is 1. The zero-order chi connectivity index (χ0) is 16.4. The summed E-state index contributed by atoms with van der Waals surface area (Å²) in [6.45, 7) is -0.293. The van der Waals surface area contributed by atoms with Crippen LogP contribution < -0.4 is 10.9 Å². The van der Waals surface area contributed by atoms with Gasteiger partial charge < -0.3 is 5.32 Å². The highest BCUT2D eigenvalue weighted by atomic mass is 35.5. The van der Waals surface area contributed by atoms with Crippen molar-refractivity contribution in [1.82, 2.24) is 15.0 Å². The van der Waals surface area contributed by atoms with Gasteiger partial charge in [-0.3, -0.25) is 9.59 Å². The predicted octanol–water partition coefficient (Wildman–Crippen LogP) is 2.74. The molecule has 0 spiro atoms. The quantitative estimate of drug-likeness (QED) is 0.789. The lowest BCUT2D eigenvalue weighted by atomic mass is 10.2. The fourth-order valence-electron chi connectivity index (χ4n) is 2.06. The van der Waals surface area contributed by atoms with Crippen LogP contribution >= 0.6 is 23.2 Å². The summed E-state index contributed by atoms with van der Waals surface area (Å²) in [5.41, 5.74) is 0.377. The summed E-state index contributed by atoms with van der Waals surface area (Å²) in [6, 6.07) is 11.7. The first kappa shape index (κ1) is 15.5. The summed E-state index contributed by atoms with van der Waals surface area (Å²) in [5, 5.41) is 11.3. The van der Waals surface area contributed by atoms with E-state index in [0.717, 1.165) is 4.68 Å². The maximum absolute atomic E-state index is 12.3. The van der Waals surface area contributed by atoms with Crippen molar-refractivity contribution in [2.75, 3.05) is 5.32 Å². The van der Waals surface area contributed by atoms with E-state index in [-0.39, 0.29) is 6.54 Å². The molecule has 116 valence electrons. The number of aromatic nitrogens is 3. The van der Waals surface area contributed by atoms with Gasteiger partial charge >= 0.3 is 0 Å². The molecule has 0 aliphatic heterocycles. The van der Waals surface area contributed by atoms with Gasteiger partial charge in [0.25, 0.3) is 5.56 Å². The Bertz CT molecular complexity index is 935. The maximum Gasteiger partial charge on any atom is 0.278 e. The molecule has 3 aromatic rings. The van der Waals surface area contributed by atoms with Crippen LogP contribution in [0.25, 0.3) is 10.9 Å². The predicted molar refractivity (Wildman–Crippen MR) is 88.9 cm³/mol. The van der Waals surface area contributed by atoms with E-state index in [1.54, 1.807) is 42.5 Å². The third-order valence-electron chi connectivity index (χ3n) is 3.15. The van der Waals surface area contributed by atoms with Crippen molar-refractivity contribution < 1.29 is 4.79 Å². The van der Waals surface area contributed by atoms with Crippen molar-refractivity contribution in [1.29, 1.82) is 0 Å². The number of nitrogens with zero attached hydrogens (tertiary/aromatic N) is 3. The van der Waals surface area contributed by atoms with E-state index in [4.69, 9.17) is 23.2 Å². The number of hydrogen-bond donors (Lipinski definition) is 1. The lowest BCUT2D eigenvalue weighted by molar-refractivity contribution is -0.117. The number of anilines is 1. The molecule has 6 nitrogen and oxygen atoms in total. The number of benzene rings is 2. The molecule has 1 aromatic heterocycles. The van der Waals surface area contributed by atoms with Crippen molar-refractivity contribution in [3.63, 3.8) is 0 Å². The summed E-state index contributed by atoms with van der Waals surface area (Å²) in [4.78, 5) is 24.4. The van der Waals surface area contributed by atoms with E-state index in [0.29, 0.717) is 26.6 Å². The molecular formula is C15H10Cl2N4O2. The van der Waals surface area contributed by atoms with Crippen LogP contribution in [0.4, 0.5) is 5.69 Å². The Labute approximate surface area is 140 Å². The van der Waals surface area contributed by atoms with Gasteiger partial charge in [0.1, 0.15) is 12.1 Å². The van der Waals surface area contributed by atoms with E-state index in [1.807, 2.05) is 0 Å². The number of carbonyl (C=O) groups excluding carboxylic acids is 1. The van der Waals surface area contributed by atoms with Crippen molar-refractivity contribution in [3.8, 4) is 0 Å². The van der Waals surface area contributed by atoms with Crippen LogP contribution in [-0.2, 0) is 11.3 Å². The fourth-order valence-corrected chi connectivity index (χ4v) is 2.55. The van der Waals surface area contributed by atoms with Crippen LogP contribution in [-0.4, -0.2) is 20.9 Å². The minimum absolute atomic E-state index is 0.293. The van der Waals surface area contributed by atoms with Crippen molar-refractivity contribution >= 4 is 45.7 Å². The molecule has 3 rings (SSSR count). The lowest BCUT2D eigenvalue weighted by Gasteiger charge is -2.09. The number of halogens is 2. The largest absolute Gasteiger partial charge is 0.322 e. The normalized spacial score (nSPS) is 10.7. The molecule has 0 aliphatic carbocycles. The van der Waals surface area contributed by atoms with Crippen molar-refractivity contribution in [3.05, 3.63) is 62.9 Å². The van der Waals surface area contributed by atoms with E-state index in [2.05, 4.69) is 15.6 Å². The lowest BCUT2D eigenvalue weighted by Crippen LogP contribution is -2.30. The molecule has 23 heavy (non-hydrogen) atoms. The Morgan fingerprint density at radius 1 is 1.09 bits per heavy atom. The van der Waals surface area contributed by atoms with Crippen LogP contribution in [0.3, 0.4) is 0 Å². The second kappa shape index (κ2) is 6.36. The molecule has 0 aliphatic rings. The summed E-state index contributed by atoms with van der Waals surface area (Å²) >= 11 is 12.0. The molecule has 1 N–H and O–H groups in total. The smallest absolute Gasteiger partial charge is 0.278 e. The zero-order valence-electron chi connectivity index (χ0n) is 11.7. The van der Waals surface area contributed by atoms with Gasteiger partial charge in [-0.05, 0) is 24.3 Å². The molecule has 2 aromatic carbocycles. The highest BCUT2D eigenvalue weighted by molar-refractivity contribution is 6.39. The first-order valence-electron chi connectivity index (χ1n) is 6.62. The third-order valence-corrected chi connectivity index (χ3v) is 3.78. The average molecular weight is 349 g/mol. The van der Waals surface area contributed by atoms with E-state index >= 15 is 0 Å². The van der Waals surface area contributed by atoms with Crippen molar-refractivity contribution in [2.24, 2.45) is 0 Å². The van der Waals surface area contributed by atoms with Crippen LogP contribution in [0.2, 0.25) is 10.0 Å². The second-order valence-corrected chi connectivity index (χ2v) is 5.53.